The van der Waals surface area contributed by atoms with Crippen LogP contribution in [-0.2, 0) is 4.79 Å². The van der Waals surface area contributed by atoms with Gasteiger partial charge in [-0.1, -0.05) is 0 Å². The zero-order valence-corrected chi connectivity index (χ0v) is 4.55. The number of hydrogen-bond donors (Lipinski definition) is 0. The highest BCUT2D eigenvalue weighted by Crippen LogP contribution is 2.16. The summed E-state index contributed by atoms with van der Waals surface area (Å²) in [4.78, 5) is 13.8. The monoisotopic (exact) mass is 109 g/mol. The summed E-state index contributed by atoms with van der Waals surface area (Å²) in [6.45, 7) is 6.53. The molecule has 1 saturated carbocycles. The Kier molecular flexibility index (Phi) is 1.29. The number of carbonyl (C=O) groups is 1. The lowest BCUT2D eigenvalue weighted by molar-refractivity contribution is -0.117. The molecule has 8 heavy (non-hydrogen) atoms. The summed E-state index contributed by atoms with van der Waals surface area (Å²) in [5.74, 6) is 0.139. The lowest BCUT2D eigenvalue weighted by atomic mass is 10.3. The van der Waals surface area contributed by atoms with Crippen LogP contribution >= 0.6 is 0 Å². The molecule has 0 radical (unpaired) electrons. The second kappa shape index (κ2) is 1.95. The molecule has 0 saturated heterocycles. The minimum Gasteiger partial charge on any atom is -0.305 e. The van der Waals surface area contributed by atoms with E-state index in [0.717, 1.165) is 12.8 Å². The van der Waals surface area contributed by atoms with Crippen molar-refractivity contribution in [2.45, 2.75) is 25.3 Å². The molecule has 0 N–H and O–H groups in total. The summed E-state index contributed by atoms with van der Waals surface area (Å²) in [7, 11) is 0. The Balaban J connectivity index is 2.58. The molecule has 0 aliphatic heterocycles. The van der Waals surface area contributed by atoms with Crippen LogP contribution in [0.5, 0.6) is 0 Å². The Bertz CT molecular complexity index is 145. The fourth-order valence-electron chi connectivity index (χ4n) is 0.934. The van der Waals surface area contributed by atoms with E-state index in [4.69, 9.17) is 6.57 Å². The summed E-state index contributed by atoms with van der Waals surface area (Å²) in [6, 6.07) is -0.282. The fourth-order valence-corrected chi connectivity index (χ4v) is 0.934. The number of ketones is 1. The Labute approximate surface area is 48.3 Å². The van der Waals surface area contributed by atoms with E-state index in [1.807, 2.05) is 0 Å². The zero-order valence-electron chi connectivity index (χ0n) is 4.55. The first kappa shape index (κ1) is 5.30. The van der Waals surface area contributed by atoms with Gasteiger partial charge in [0.05, 0.1) is 0 Å². The highest BCUT2D eigenvalue weighted by Gasteiger charge is 2.28. The summed E-state index contributed by atoms with van der Waals surface area (Å²) < 4.78 is 0. The van der Waals surface area contributed by atoms with E-state index in [2.05, 4.69) is 4.85 Å². The second-order valence-corrected chi connectivity index (χ2v) is 2.00. The number of rotatable bonds is 0. The van der Waals surface area contributed by atoms with Crippen molar-refractivity contribution in [3.63, 3.8) is 0 Å². The summed E-state index contributed by atoms with van der Waals surface area (Å²) in [5, 5.41) is 0. The van der Waals surface area contributed by atoms with Crippen molar-refractivity contribution in [1.29, 1.82) is 0 Å². The fraction of sp³-hybridized carbons (Fsp3) is 0.667. The molecule has 0 heterocycles. The van der Waals surface area contributed by atoms with E-state index < -0.39 is 0 Å². The first-order valence-electron chi connectivity index (χ1n) is 2.74. The van der Waals surface area contributed by atoms with Crippen molar-refractivity contribution in [3.8, 4) is 0 Å². The lowest BCUT2D eigenvalue weighted by Crippen LogP contribution is -2.06. The van der Waals surface area contributed by atoms with E-state index >= 15 is 0 Å². The standard InChI is InChI=1S/C6H7NO/c1-7-5-3-2-4-6(5)8/h5H,2-4H2. The molecule has 1 aliphatic rings. The third-order valence-electron chi connectivity index (χ3n) is 1.43. The first-order chi connectivity index (χ1) is 3.84. The van der Waals surface area contributed by atoms with E-state index in [0.29, 0.717) is 6.42 Å². The second-order valence-electron chi connectivity index (χ2n) is 2.00. The summed E-state index contributed by atoms with van der Waals surface area (Å²) in [5.41, 5.74) is 0. The van der Waals surface area contributed by atoms with Gasteiger partial charge in [-0.25, -0.2) is 6.57 Å². The number of carbonyl (C=O) groups excluding carboxylic acids is 1. The Hall–Kier alpha value is -0.840. The van der Waals surface area contributed by atoms with Crippen molar-refractivity contribution < 1.29 is 4.79 Å². The van der Waals surface area contributed by atoms with Crippen molar-refractivity contribution in [2.24, 2.45) is 0 Å². The maximum Gasteiger partial charge on any atom is 0.280 e. The first-order valence-corrected chi connectivity index (χ1v) is 2.74. The normalized spacial score (nSPS) is 27.9. The van der Waals surface area contributed by atoms with Crippen LogP contribution in [0.3, 0.4) is 0 Å². The molecular weight excluding hydrogens is 102 g/mol. The van der Waals surface area contributed by atoms with Crippen LogP contribution in [0.2, 0.25) is 0 Å². The van der Waals surface area contributed by atoms with Gasteiger partial charge in [0.25, 0.3) is 6.04 Å². The van der Waals surface area contributed by atoms with Crippen molar-refractivity contribution >= 4 is 5.78 Å². The molecule has 1 rings (SSSR count). The number of Topliss-reactive ketones (excluding diaryl/α,β-unsaturated/α-hetero) is 1. The molecule has 0 aromatic heterocycles. The molecule has 0 amide bonds. The van der Waals surface area contributed by atoms with Gasteiger partial charge in [-0.15, -0.1) is 0 Å². The average Bonchev–Trinajstić information content (AvgIpc) is 2.14. The minimum absolute atomic E-state index is 0.139. The van der Waals surface area contributed by atoms with Crippen molar-refractivity contribution in [1.82, 2.24) is 0 Å². The quantitative estimate of drug-likeness (QED) is 0.426. The molecular formula is C6H7NO. The summed E-state index contributed by atoms with van der Waals surface area (Å²) >= 11 is 0. The van der Waals surface area contributed by atoms with Crippen LogP contribution in [0.4, 0.5) is 0 Å². The molecule has 2 heteroatoms. The highest BCUT2D eigenvalue weighted by atomic mass is 16.1. The molecule has 1 aliphatic carbocycles. The molecule has 0 bridgehead atoms. The van der Waals surface area contributed by atoms with Gasteiger partial charge < -0.3 is 4.85 Å². The Morgan fingerprint density at radius 3 is 2.75 bits per heavy atom. The smallest absolute Gasteiger partial charge is 0.280 e. The van der Waals surface area contributed by atoms with Gasteiger partial charge >= 0.3 is 0 Å². The summed E-state index contributed by atoms with van der Waals surface area (Å²) in [6.07, 6.45) is 2.35. The molecule has 0 aromatic carbocycles. The molecule has 2 nitrogen and oxygen atoms in total. The predicted molar refractivity (Wildman–Crippen MR) is 29.2 cm³/mol. The largest absolute Gasteiger partial charge is 0.305 e. The molecule has 1 unspecified atom stereocenters. The number of hydrogen-bond acceptors (Lipinski definition) is 1. The van der Waals surface area contributed by atoms with E-state index in [1.54, 1.807) is 0 Å². The van der Waals surface area contributed by atoms with E-state index in [1.165, 1.54) is 0 Å². The van der Waals surface area contributed by atoms with Gasteiger partial charge in [-0.3, -0.25) is 4.79 Å². The van der Waals surface area contributed by atoms with Gasteiger partial charge in [0.2, 0.25) is 5.78 Å². The average molecular weight is 109 g/mol. The third-order valence-corrected chi connectivity index (χ3v) is 1.43. The van der Waals surface area contributed by atoms with E-state index in [9.17, 15) is 4.79 Å². The van der Waals surface area contributed by atoms with Crippen LogP contribution in [0.1, 0.15) is 19.3 Å². The van der Waals surface area contributed by atoms with E-state index in [-0.39, 0.29) is 11.8 Å². The molecule has 42 valence electrons. The zero-order chi connectivity index (χ0) is 5.98. The van der Waals surface area contributed by atoms with Crippen molar-refractivity contribution in [2.75, 3.05) is 0 Å². The predicted octanol–water partition coefficient (Wildman–Crippen LogP) is 1.03. The Morgan fingerprint density at radius 1 is 1.75 bits per heavy atom. The third kappa shape index (κ3) is 0.717. The topological polar surface area (TPSA) is 21.4 Å². The molecule has 0 spiro atoms. The van der Waals surface area contributed by atoms with Crippen LogP contribution in [0, 0.1) is 6.57 Å². The number of nitrogens with zero attached hydrogens (tertiary/aromatic N) is 1. The molecule has 1 fully saturated rings. The maximum absolute atomic E-state index is 10.6. The lowest BCUT2D eigenvalue weighted by Gasteiger charge is -1.85. The van der Waals surface area contributed by atoms with Gasteiger partial charge in [-0.2, -0.15) is 0 Å². The maximum atomic E-state index is 10.6. The van der Waals surface area contributed by atoms with Gasteiger partial charge in [0, 0.05) is 12.8 Å². The van der Waals surface area contributed by atoms with Crippen LogP contribution < -0.4 is 0 Å². The van der Waals surface area contributed by atoms with Crippen LogP contribution in [0.25, 0.3) is 4.85 Å². The molecule has 0 aromatic rings. The van der Waals surface area contributed by atoms with Gasteiger partial charge in [0.1, 0.15) is 0 Å². The SMILES string of the molecule is [C-]#[N+]C1CCCC1=O. The highest BCUT2D eigenvalue weighted by molar-refractivity contribution is 5.87. The van der Waals surface area contributed by atoms with Gasteiger partial charge in [0.15, 0.2) is 0 Å². The van der Waals surface area contributed by atoms with Crippen molar-refractivity contribution in [3.05, 3.63) is 11.4 Å². The van der Waals surface area contributed by atoms with Crippen LogP contribution in [-0.4, -0.2) is 11.8 Å². The molecule has 1 atom stereocenters. The van der Waals surface area contributed by atoms with Gasteiger partial charge in [-0.05, 0) is 6.42 Å². The minimum atomic E-state index is -0.282. The van der Waals surface area contributed by atoms with Crippen LogP contribution in [0.15, 0.2) is 0 Å². The Morgan fingerprint density at radius 2 is 2.50 bits per heavy atom.